The standard InChI is InChI=1S/C16H22O5S.H3N/c1-5-15(17)21-10-6-7-12-11-13(22(18,19)20)8-9-14(12)16(2,3)4;/h5,8-9,11H,1,6-7,10H2,2-4H3,(H,18,19,20);1H3. The van der Waals surface area contributed by atoms with Crippen LogP contribution >= 0.6 is 0 Å². The van der Waals surface area contributed by atoms with Crippen molar-refractivity contribution in [2.75, 3.05) is 6.61 Å². The second-order valence-electron chi connectivity index (χ2n) is 6.02. The predicted octanol–water partition coefficient (Wildman–Crippen LogP) is 3.05. The van der Waals surface area contributed by atoms with Gasteiger partial charge in [-0.2, -0.15) is 8.42 Å². The Hall–Kier alpha value is -1.70. The number of rotatable bonds is 6. The number of hydrogen-bond acceptors (Lipinski definition) is 5. The van der Waals surface area contributed by atoms with E-state index in [1.807, 2.05) is 20.8 Å². The van der Waals surface area contributed by atoms with E-state index in [-0.39, 0.29) is 23.1 Å². The van der Waals surface area contributed by atoms with Gasteiger partial charge in [0.05, 0.1) is 11.5 Å². The zero-order valence-electron chi connectivity index (χ0n) is 13.8. The molecule has 0 saturated carbocycles. The lowest BCUT2D eigenvalue weighted by molar-refractivity contribution is -0.137. The quantitative estimate of drug-likeness (QED) is 0.355. The van der Waals surface area contributed by atoms with Gasteiger partial charge in [0.15, 0.2) is 0 Å². The van der Waals surface area contributed by atoms with Gasteiger partial charge in [-0.3, -0.25) is 4.55 Å². The Labute approximate surface area is 137 Å². The van der Waals surface area contributed by atoms with Crippen LogP contribution in [0.1, 0.15) is 38.3 Å². The first-order valence-electron chi connectivity index (χ1n) is 6.96. The van der Waals surface area contributed by atoms with Crippen molar-refractivity contribution < 1.29 is 22.5 Å². The molecule has 0 aromatic heterocycles. The van der Waals surface area contributed by atoms with E-state index in [0.29, 0.717) is 12.8 Å². The van der Waals surface area contributed by atoms with Crippen LogP contribution in [0.15, 0.2) is 35.7 Å². The lowest BCUT2D eigenvalue weighted by Gasteiger charge is -2.23. The molecule has 0 fully saturated rings. The van der Waals surface area contributed by atoms with Gasteiger partial charge in [0, 0.05) is 6.08 Å². The SMILES string of the molecule is C=CC(=O)OCCCc1cc(S(=O)(=O)O)ccc1C(C)(C)C.N. The van der Waals surface area contributed by atoms with E-state index in [0.717, 1.165) is 17.2 Å². The Balaban J connectivity index is 0.00000484. The van der Waals surface area contributed by atoms with Crippen LogP contribution in [-0.2, 0) is 31.5 Å². The number of esters is 1. The summed E-state index contributed by atoms with van der Waals surface area (Å²) < 4.78 is 36.6. The summed E-state index contributed by atoms with van der Waals surface area (Å²) in [7, 11) is -4.23. The van der Waals surface area contributed by atoms with E-state index in [1.165, 1.54) is 12.1 Å². The summed E-state index contributed by atoms with van der Waals surface area (Å²) in [4.78, 5) is 10.9. The van der Waals surface area contributed by atoms with Crippen LogP contribution in [0.25, 0.3) is 0 Å². The number of carbonyl (C=O) groups excluding carboxylic acids is 1. The van der Waals surface area contributed by atoms with Crippen LogP contribution in [0.2, 0.25) is 0 Å². The molecule has 0 heterocycles. The highest BCUT2D eigenvalue weighted by Crippen LogP contribution is 2.28. The number of carbonyl (C=O) groups is 1. The third-order valence-electron chi connectivity index (χ3n) is 3.18. The summed E-state index contributed by atoms with van der Waals surface area (Å²) in [5, 5.41) is 0. The first-order valence-corrected chi connectivity index (χ1v) is 8.40. The Kier molecular flexibility index (Phi) is 7.63. The molecule has 0 aliphatic rings. The van der Waals surface area contributed by atoms with Crippen LogP contribution in [0.5, 0.6) is 0 Å². The summed E-state index contributed by atoms with van der Waals surface area (Å²) in [6, 6.07) is 4.59. The number of ether oxygens (including phenoxy) is 1. The zero-order chi connectivity index (χ0) is 17.0. The van der Waals surface area contributed by atoms with E-state index in [1.54, 1.807) is 6.07 Å². The van der Waals surface area contributed by atoms with Gasteiger partial charge in [-0.1, -0.05) is 33.4 Å². The maximum Gasteiger partial charge on any atom is 0.330 e. The highest BCUT2D eigenvalue weighted by atomic mass is 32.2. The van der Waals surface area contributed by atoms with Gasteiger partial charge in [0.1, 0.15) is 0 Å². The van der Waals surface area contributed by atoms with Crippen molar-refractivity contribution in [1.82, 2.24) is 6.15 Å². The Morgan fingerprint density at radius 3 is 2.43 bits per heavy atom. The van der Waals surface area contributed by atoms with Crippen molar-refractivity contribution in [3.05, 3.63) is 42.0 Å². The van der Waals surface area contributed by atoms with E-state index in [2.05, 4.69) is 6.58 Å². The van der Waals surface area contributed by atoms with Crippen LogP contribution in [0, 0.1) is 0 Å². The fourth-order valence-corrected chi connectivity index (χ4v) is 2.69. The average molecular weight is 343 g/mol. The Bertz CT molecular complexity index is 660. The molecule has 23 heavy (non-hydrogen) atoms. The molecule has 4 N–H and O–H groups in total. The summed E-state index contributed by atoms with van der Waals surface area (Å²) >= 11 is 0. The first kappa shape index (κ1) is 21.3. The van der Waals surface area contributed by atoms with Gasteiger partial charge in [-0.05, 0) is 41.5 Å². The highest BCUT2D eigenvalue weighted by Gasteiger charge is 2.20. The van der Waals surface area contributed by atoms with E-state index in [9.17, 15) is 17.8 Å². The van der Waals surface area contributed by atoms with Crippen molar-refractivity contribution in [3.8, 4) is 0 Å². The Morgan fingerprint density at radius 2 is 1.96 bits per heavy atom. The highest BCUT2D eigenvalue weighted by molar-refractivity contribution is 7.85. The van der Waals surface area contributed by atoms with Crippen LogP contribution in [-0.4, -0.2) is 25.5 Å². The minimum Gasteiger partial charge on any atom is -0.463 e. The number of aryl methyl sites for hydroxylation is 1. The van der Waals surface area contributed by atoms with Crippen LogP contribution in [0.4, 0.5) is 0 Å². The molecule has 0 unspecified atom stereocenters. The predicted molar refractivity (Wildman–Crippen MR) is 89.5 cm³/mol. The van der Waals surface area contributed by atoms with Gasteiger partial charge in [0.25, 0.3) is 10.1 Å². The third-order valence-corrected chi connectivity index (χ3v) is 4.03. The molecule has 1 aromatic carbocycles. The monoisotopic (exact) mass is 343 g/mol. The van der Waals surface area contributed by atoms with Gasteiger partial charge < -0.3 is 10.9 Å². The molecule has 0 saturated heterocycles. The van der Waals surface area contributed by atoms with Gasteiger partial charge in [-0.15, -0.1) is 0 Å². The molecule has 0 atom stereocenters. The fraction of sp³-hybridized carbons (Fsp3) is 0.438. The molecular weight excluding hydrogens is 318 g/mol. The fourth-order valence-electron chi connectivity index (χ4n) is 2.16. The molecule has 0 spiro atoms. The summed E-state index contributed by atoms with van der Waals surface area (Å²) in [6.07, 6.45) is 2.19. The molecule has 0 radical (unpaired) electrons. The van der Waals surface area contributed by atoms with Crippen molar-refractivity contribution in [1.29, 1.82) is 0 Å². The second-order valence-corrected chi connectivity index (χ2v) is 7.44. The van der Waals surface area contributed by atoms with Crippen molar-refractivity contribution >= 4 is 16.1 Å². The second kappa shape index (κ2) is 8.24. The zero-order valence-corrected chi connectivity index (χ0v) is 14.6. The molecule has 130 valence electrons. The molecule has 1 rings (SSSR count). The largest absolute Gasteiger partial charge is 0.463 e. The van der Waals surface area contributed by atoms with Gasteiger partial charge in [-0.25, -0.2) is 4.79 Å². The van der Waals surface area contributed by atoms with E-state index >= 15 is 0 Å². The molecule has 0 bridgehead atoms. The molecule has 0 amide bonds. The van der Waals surface area contributed by atoms with Crippen molar-refractivity contribution in [2.24, 2.45) is 0 Å². The Morgan fingerprint density at radius 1 is 1.35 bits per heavy atom. The topological polar surface area (TPSA) is 116 Å². The van der Waals surface area contributed by atoms with Crippen molar-refractivity contribution in [3.63, 3.8) is 0 Å². The van der Waals surface area contributed by atoms with E-state index < -0.39 is 16.1 Å². The van der Waals surface area contributed by atoms with Crippen molar-refractivity contribution in [2.45, 2.75) is 43.9 Å². The third kappa shape index (κ3) is 6.52. The summed E-state index contributed by atoms with van der Waals surface area (Å²) in [5.74, 6) is -0.484. The van der Waals surface area contributed by atoms with E-state index in [4.69, 9.17) is 4.74 Å². The molecule has 0 aliphatic heterocycles. The number of benzene rings is 1. The lowest BCUT2D eigenvalue weighted by Crippen LogP contribution is -2.15. The van der Waals surface area contributed by atoms with Gasteiger partial charge in [0.2, 0.25) is 0 Å². The average Bonchev–Trinajstić information content (AvgIpc) is 2.41. The minimum absolute atomic E-state index is 0. The minimum atomic E-state index is -4.23. The first-order chi connectivity index (χ1) is 10.1. The lowest BCUT2D eigenvalue weighted by atomic mass is 9.82. The molecule has 7 heteroatoms. The molecule has 1 aromatic rings. The summed E-state index contributed by atoms with van der Waals surface area (Å²) in [5.41, 5.74) is 1.65. The molecular formula is C16H25NO5S. The smallest absolute Gasteiger partial charge is 0.330 e. The normalized spacial score (nSPS) is 11.5. The number of hydrogen-bond donors (Lipinski definition) is 2. The maximum absolute atomic E-state index is 11.3. The van der Waals surface area contributed by atoms with Crippen LogP contribution in [0.3, 0.4) is 0 Å². The van der Waals surface area contributed by atoms with Gasteiger partial charge >= 0.3 is 5.97 Å². The maximum atomic E-state index is 11.3. The summed E-state index contributed by atoms with van der Waals surface area (Å²) in [6.45, 7) is 9.61. The molecule has 6 nitrogen and oxygen atoms in total. The molecule has 0 aliphatic carbocycles. The van der Waals surface area contributed by atoms with Crippen LogP contribution < -0.4 is 6.15 Å².